The van der Waals surface area contributed by atoms with Gasteiger partial charge in [0, 0.05) is 31.2 Å². The van der Waals surface area contributed by atoms with Crippen LogP contribution in [0.5, 0.6) is 0 Å². The number of carbonyl (C=O) groups excluding carboxylic acids is 3. The van der Waals surface area contributed by atoms with Crippen molar-refractivity contribution in [3.63, 3.8) is 0 Å². The van der Waals surface area contributed by atoms with Crippen LogP contribution in [0.3, 0.4) is 0 Å². The minimum Gasteiger partial charge on any atom is -0.336 e. The van der Waals surface area contributed by atoms with Gasteiger partial charge in [-0.2, -0.15) is 0 Å². The number of hydrogen-bond acceptors (Lipinski definition) is 3. The molecule has 0 aromatic rings. The second-order valence-corrected chi connectivity index (χ2v) is 6.83. The van der Waals surface area contributed by atoms with Crippen molar-refractivity contribution < 1.29 is 14.4 Å². The van der Waals surface area contributed by atoms with E-state index in [1.807, 2.05) is 4.90 Å². The lowest BCUT2D eigenvalue weighted by Crippen LogP contribution is -2.68. The molecule has 2 aliphatic heterocycles. The van der Waals surface area contributed by atoms with Crippen molar-refractivity contribution in [1.29, 1.82) is 0 Å². The average Bonchev–Trinajstić information content (AvgIpc) is 3.19. The first-order valence-electron chi connectivity index (χ1n) is 8.01. The zero-order valence-corrected chi connectivity index (χ0v) is 12.2. The summed E-state index contributed by atoms with van der Waals surface area (Å²) in [6.07, 6.45) is 6.39. The Balaban J connectivity index is 1.39. The standard InChI is InChI=1S/C15H21N3O3/c19-12-10-16(8-9-17(12)11-2-3-11)13(20)14(21)18-7-6-15(18)4-1-5-15/h11H,1-10H2. The summed E-state index contributed by atoms with van der Waals surface area (Å²) in [4.78, 5) is 41.9. The van der Waals surface area contributed by atoms with Crippen LogP contribution in [0.1, 0.15) is 38.5 Å². The third-order valence-electron chi connectivity index (χ3n) is 5.62. The molecule has 3 amide bonds. The predicted molar refractivity (Wildman–Crippen MR) is 74.2 cm³/mol. The van der Waals surface area contributed by atoms with E-state index in [1.54, 1.807) is 4.90 Å². The smallest absolute Gasteiger partial charge is 0.312 e. The van der Waals surface area contributed by atoms with E-state index in [1.165, 1.54) is 4.90 Å². The molecular weight excluding hydrogens is 270 g/mol. The lowest BCUT2D eigenvalue weighted by atomic mass is 9.68. The van der Waals surface area contributed by atoms with Crippen LogP contribution in [0, 0.1) is 0 Å². The van der Waals surface area contributed by atoms with Gasteiger partial charge in [0.25, 0.3) is 0 Å². The highest BCUT2D eigenvalue weighted by atomic mass is 16.2. The molecule has 4 fully saturated rings. The van der Waals surface area contributed by atoms with E-state index >= 15 is 0 Å². The van der Waals surface area contributed by atoms with Gasteiger partial charge in [0.15, 0.2) is 0 Å². The van der Waals surface area contributed by atoms with E-state index in [4.69, 9.17) is 0 Å². The maximum absolute atomic E-state index is 12.4. The van der Waals surface area contributed by atoms with Crippen LogP contribution in [-0.4, -0.2) is 70.2 Å². The van der Waals surface area contributed by atoms with E-state index in [-0.39, 0.29) is 18.0 Å². The van der Waals surface area contributed by atoms with Gasteiger partial charge in [0.2, 0.25) is 5.91 Å². The first-order chi connectivity index (χ1) is 10.1. The van der Waals surface area contributed by atoms with Gasteiger partial charge in [-0.05, 0) is 38.5 Å². The van der Waals surface area contributed by atoms with Gasteiger partial charge in [-0.3, -0.25) is 14.4 Å². The predicted octanol–water partition coefficient (Wildman–Crippen LogP) is -0.0254. The molecule has 0 bridgehead atoms. The molecule has 4 aliphatic rings. The minimum atomic E-state index is -0.482. The maximum atomic E-state index is 12.4. The minimum absolute atomic E-state index is 0.00735. The zero-order chi connectivity index (χ0) is 14.6. The first-order valence-corrected chi connectivity index (χ1v) is 8.01. The molecule has 0 radical (unpaired) electrons. The number of hydrogen-bond donors (Lipinski definition) is 0. The van der Waals surface area contributed by atoms with Crippen molar-refractivity contribution in [3.05, 3.63) is 0 Å². The summed E-state index contributed by atoms with van der Waals surface area (Å²) in [5, 5.41) is 0. The summed E-state index contributed by atoms with van der Waals surface area (Å²) in [6, 6.07) is 0.388. The molecule has 2 aliphatic carbocycles. The van der Waals surface area contributed by atoms with Crippen molar-refractivity contribution in [3.8, 4) is 0 Å². The van der Waals surface area contributed by atoms with E-state index in [0.717, 1.165) is 38.5 Å². The molecule has 0 aromatic heterocycles. The summed E-state index contributed by atoms with van der Waals surface area (Å²) in [5.74, 6) is -0.884. The fraction of sp³-hybridized carbons (Fsp3) is 0.800. The lowest BCUT2D eigenvalue weighted by Gasteiger charge is -2.58. The zero-order valence-electron chi connectivity index (χ0n) is 12.2. The molecular formula is C15H21N3O3. The second-order valence-electron chi connectivity index (χ2n) is 6.83. The average molecular weight is 291 g/mol. The summed E-state index contributed by atoms with van der Waals surface area (Å²) >= 11 is 0. The summed E-state index contributed by atoms with van der Waals surface area (Å²) in [6.45, 7) is 1.84. The van der Waals surface area contributed by atoms with Crippen molar-refractivity contribution in [2.75, 3.05) is 26.2 Å². The fourth-order valence-corrected chi connectivity index (χ4v) is 3.84. The lowest BCUT2D eigenvalue weighted by molar-refractivity contribution is -0.169. The molecule has 21 heavy (non-hydrogen) atoms. The summed E-state index contributed by atoms with van der Waals surface area (Å²) in [5.41, 5.74) is -0.00735. The molecule has 1 spiro atoms. The Morgan fingerprint density at radius 1 is 1.00 bits per heavy atom. The van der Waals surface area contributed by atoms with Gasteiger partial charge in [-0.1, -0.05) is 0 Å². The maximum Gasteiger partial charge on any atom is 0.312 e. The van der Waals surface area contributed by atoms with Crippen LogP contribution in [0.15, 0.2) is 0 Å². The third kappa shape index (κ3) is 1.95. The van der Waals surface area contributed by atoms with Crippen molar-refractivity contribution in [2.45, 2.75) is 50.1 Å². The van der Waals surface area contributed by atoms with E-state index in [0.29, 0.717) is 25.7 Å². The fourth-order valence-electron chi connectivity index (χ4n) is 3.84. The molecule has 6 nitrogen and oxygen atoms in total. The molecule has 2 heterocycles. The number of nitrogens with zero attached hydrogens (tertiary/aromatic N) is 3. The molecule has 0 atom stereocenters. The van der Waals surface area contributed by atoms with Gasteiger partial charge < -0.3 is 14.7 Å². The first kappa shape index (κ1) is 13.1. The van der Waals surface area contributed by atoms with E-state index in [2.05, 4.69) is 0 Å². The van der Waals surface area contributed by atoms with Crippen LogP contribution >= 0.6 is 0 Å². The Labute approximate surface area is 124 Å². The molecule has 0 unspecified atom stereocenters. The van der Waals surface area contributed by atoms with Crippen LogP contribution in [0.4, 0.5) is 0 Å². The number of amides is 3. The summed E-state index contributed by atoms with van der Waals surface area (Å²) < 4.78 is 0. The quantitative estimate of drug-likeness (QED) is 0.638. The highest BCUT2D eigenvalue weighted by Gasteiger charge is 2.53. The van der Waals surface area contributed by atoms with Crippen LogP contribution in [-0.2, 0) is 14.4 Å². The number of rotatable bonds is 1. The topological polar surface area (TPSA) is 60.9 Å². The van der Waals surface area contributed by atoms with Crippen molar-refractivity contribution in [1.82, 2.24) is 14.7 Å². The highest BCUT2D eigenvalue weighted by molar-refractivity contribution is 6.35. The molecule has 4 rings (SSSR count). The Bertz CT molecular complexity index is 505. The van der Waals surface area contributed by atoms with Crippen molar-refractivity contribution in [2.24, 2.45) is 0 Å². The molecule has 2 saturated carbocycles. The molecule has 0 N–H and O–H groups in total. The summed E-state index contributed by atoms with van der Waals surface area (Å²) in [7, 11) is 0. The van der Waals surface area contributed by atoms with Gasteiger partial charge in [0.1, 0.15) is 6.54 Å². The number of likely N-dealkylation sites (tertiary alicyclic amines) is 1. The molecule has 0 aromatic carbocycles. The normalized spacial score (nSPS) is 27.4. The van der Waals surface area contributed by atoms with Crippen LogP contribution in [0.25, 0.3) is 0 Å². The van der Waals surface area contributed by atoms with Gasteiger partial charge >= 0.3 is 11.8 Å². The van der Waals surface area contributed by atoms with Crippen LogP contribution < -0.4 is 0 Å². The van der Waals surface area contributed by atoms with Crippen molar-refractivity contribution >= 4 is 17.7 Å². The van der Waals surface area contributed by atoms with Gasteiger partial charge in [0.05, 0.1) is 0 Å². The highest BCUT2D eigenvalue weighted by Crippen LogP contribution is 2.47. The largest absolute Gasteiger partial charge is 0.336 e. The number of piperazine rings is 1. The van der Waals surface area contributed by atoms with Crippen LogP contribution in [0.2, 0.25) is 0 Å². The Hall–Kier alpha value is -1.59. The number of carbonyl (C=O) groups is 3. The third-order valence-corrected chi connectivity index (χ3v) is 5.62. The van der Waals surface area contributed by atoms with Gasteiger partial charge in [-0.25, -0.2) is 0 Å². The van der Waals surface area contributed by atoms with E-state index in [9.17, 15) is 14.4 Å². The Kier molecular flexibility index (Phi) is 2.78. The Morgan fingerprint density at radius 3 is 2.24 bits per heavy atom. The monoisotopic (exact) mass is 291 g/mol. The Morgan fingerprint density at radius 2 is 1.76 bits per heavy atom. The van der Waals surface area contributed by atoms with Gasteiger partial charge in [-0.15, -0.1) is 0 Å². The molecule has 6 heteroatoms. The second kappa shape index (κ2) is 4.45. The molecule has 2 saturated heterocycles. The molecule has 114 valence electrons. The van der Waals surface area contributed by atoms with E-state index < -0.39 is 11.8 Å². The SMILES string of the molecule is O=C(C(=O)N1CCC12CCC2)N1CCN(C2CC2)C(=O)C1.